The molecule has 0 bridgehead atoms. The quantitative estimate of drug-likeness (QED) is 0.0688. The van der Waals surface area contributed by atoms with Gasteiger partial charge in [-0.1, -0.05) is 72.3 Å². The lowest BCUT2D eigenvalue weighted by Gasteiger charge is -2.44. The van der Waals surface area contributed by atoms with Gasteiger partial charge in [-0.05, 0) is 88.7 Å². The fraction of sp³-hybridized carbons (Fsp3) is 0.186. The number of barbiturate groups is 1. The highest BCUT2D eigenvalue weighted by Crippen LogP contribution is 2.50. The molecule has 3 aliphatic heterocycles. The van der Waals surface area contributed by atoms with Crippen molar-refractivity contribution in [2.75, 3.05) is 30.0 Å². The van der Waals surface area contributed by atoms with Crippen LogP contribution in [0.2, 0.25) is 5.02 Å². The SMILES string of the molecule is COc1cc(/C=C2\C(=O)NC(=O)N(c3cc4c5c(c3)[C@H](c3ccccc3)CCN5CC[C@@H]4c3ccccc3)C2=O)cc(Cl)c1OCc1ccc([N+](=O)[O-])cc1. The molecule has 2 atom stereocenters. The van der Waals surface area contributed by atoms with E-state index in [2.05, 4.69) is 34.5 Å². The van der Waals surface area contributed by atoms with Crippen LogP contribution < -0.4 is 24.6 Å². The number of carbonyl (C=O) groups excluding carboxylic acids is 3. The van der Waals surface area contributed by atoms with Gasteiger partial charge in [0.05, 0.1) is 22.7 Å². The second-order valence-electron chi connectivity index (χ2n) is 13.7. The van der Waals surface area contributed by atoms with Crippen LogP contribution in [0, 0.1) is 10.1 Å². The van der Waals surface area contributed by atoms with Gasteiger partial charge in [-0.2, -0.15) is 0 Å². The zero-order valence-corrected chi connectivity index (χ0v) is 30.5. The van der Waals surface area contributed by atoms with Gasteiger partial charge in [0, 0.05) is 42.7 Å². The van der Waals surface area contributed by atoms with E-state index >= 15 is 0 Å². The highest BCUT2D eigenvalue weighted by molar-refractivity contribution is 6.39. The third kappa shape index (κ3) is 6.79. The minimum absolute atomic E-state index is 0.0380. The zero-order chi connectivity index (χ0) is 38.2. The summed E-state index contributed by atoms with van der Waals surface area (Å²) in [5, 5.41) is 13.5. The first-order chi connectivity index (χ1) is 26.7. The smallest absolute Gasteiger partial charge is 0.335 e. The van der Waals surface area contributed by atoms with Gasteiger partial charge in [0.2, 0.25) is 0 Å². The Morgan fingerprint density at radius 2 is 1.45 bits per heavy atom. The number of nitrogens with zero attached hydrogens (tertiary/aromatic N) is 3. The zero-order valence-electron chi connectivity index (χ0n) is 29.7. The number of hydrogen-bond donors (Lipinski definition) is 1. The predicted octanol–water partition coefficient (Wildman–Crippen LogP) is 8.38. The number of imide groups is 2. The summed E-state index contributed by atoms with van der Waals surface area (Å²) in [5.41, 5.74) is 6.62. The molecule has 0 saturated carbocycles. The third-order valence-electron chi connectivity index (χ3n) is 10.5. The molecule has 1 N–H and O–H groups in total. The fourth-order valence-electron chi connectivity index (χ4n) is 7.86. The second kappa shape index (κ2) is 14.8. The van der Waals surface area contributed by atoms with Crippen molar-refractivity contribution < 1.29 is 28.8 Å². The summed E-state index contributed by atoms with van der Waals surface area (Å²) in [6, 6.07) is 32.5. The number of methoxy groups -OCH3 is 1. The predicted molar refractivity (Wildman–Crippen MR) is 209 cm³/mol. The van der Waals surface area contributed by atoms with Crippen LogP contribution in [0.25, 0.3) is 6.08 Å². The van der Waals surface area contributed by atoms with E-state index in [1.807, 2.05) is 48.5 Å². The molecule has 0 aromatic heterocycles. The van der Waals surface area contributed by atoms with Crippen LogP contribution >= 0.6 is 11.6 Å². The van der Waals surface area contributed by atoms with Crippen LogP contribution in [0.5, 0.6) is 11.5 Å². The van der Waals surface area contributed by atoms with Crippen LogP contribution in [0.4, 0.5) is 21.9 Å². The molecular formula is C43H35ClN4O7. The lowest BCUT2D eigenvalue weighted by molar-refractivity contribution is -0.384. The van der Waals surface area contributed by atoms with Crippen molar-refractivity contribution >= 4 is 52.6 Å². The van der Waals surface area contributed by atoms with E-state index in [1.54, 1.807) is 18.2 Å². The Morgan fingerprint density at radius 1 is 0.855 bits per heavy atom. The number of nitrogens with one attached hydrogen (secondary N) is 1. The van der Waals surface area contributed by atoms with E-state index in [1.165, 1.54) is 31.4 Å². The van der Waals surface area contributed by atoms with Crippen LogP contribution in [0.1, 0.15) is 58.1 Å². The molecular weight excluding hydrogens is 720 g/mol. The number of halogens is 1. The maximum absolute atomic E-state index is 14.4. The van der Waals surface area contributed by atoms with Crippen LogP contribution in [0.15, 0.2) is 115 Å². The second-order valence-corrected chi connectivity index (χ2v) is 14.1. The average molecular weight is 755 g/mol. The van der Waals surface area contributed by atoms with E-state index < -0.39 is 22.8 Å². The van der Waals surface area contributed by atoms with Gasteiger partial charge in [-0.15, -0.1) is 0 Å². The van der Waals surface area contributed by atoms with E-state index in [0.29, 0.717) is 16.8 Å². The average Bonchev–Trinajstić information content (AvgIpc) is 3.20. The number of hydrogen-bond acceptors (Lipinski definition) is 8. The van der Waals surface area contributed by atoms with Crippen LogP contribution in [-0.4, -0.2) is 43.0 Å². The maximum Gasteiger partial charge on any atom is 0.335 e. The minimum Gasteiger partial charge on any atom is -0.493 e. The molecule has 55 heavy (non-hydrogen) atoms. The third-order valence-corrected chi connectivity index (χ3v) is 10.7. The fourth-order valence-corrected chi connectivity index (χ4v) is 8.13. The highest BCUT2D eigenvalue weighted by atomic mass is 35.5. The normalized spacial score (nSPS) is 18.5. The standard InChI is InChI=1S/C43H35ClN4O7/c1-54-38-22-27(21-37(44)40(38)55-25-26-12-14-30(15-13-26)48(52)53)20-36-41(49)45-43(51)47(42(36)50)31-23-34-32(28-8-4-2-5-9-28)16-18-46-19-17-33(35(24-31)39(34)46)29-10-6-3-7-11-29/h2-15,20-24,32-33H,16-19,25H2,1H3,(H,45,49,51)/b36-20+/t32-,33+. The molecule has 0 aliphatic carbocycles. The molecule has 5 aromatic carbocycles. The first kappa shape index (κ1) is 35.6. The Bertz CT molecular complexity index is 2290. The molecule has 1 saturated heterocycles. The molecule has 8 rings (SSSR count). The summed E-state index contributed by atoms with van der Waals surface area (Å²) in [4.78, 5) is 55.3. The van der Waals surface area contributed by atoms with E-state index in [-0.39, 0.29) is 46.2 Å². The molecule has 12 heteroatoms. The first-order valence-corrected chi connectivity index (χ1v) is 18.3. The summed E-state index contributed by atoms with van der Waals surface area (Å²) in [6.07, 6.45) is 3.11. The molecule has 0 unspecified atom stereocenters. The molecule has 0 spiro atoms. The van der Waals surface area contributed by atoms with E-state index in [9.17, 15) is 24.5 Å². The maximum atomic E-state index is 14.4. The summed E-state index contributed by atoms with van der Waals surface area (Å²) < 4.78 is 11.5. The lowest BCUT2D eigenvalue weighted by Crippen LogP contribution is -2.54. The molecule has 1 fully saturated rings. The minimum atomic E-state index is -0.838. The molecule has 4 amide bonds. The van der Waals surface area contributed by atoms with Crippen LogP contribution in [0.3, 0.4) is 0 Å². The Hall–Kier alpha value is -6.46. The molecule has 3 heterocycles. The number of nitro groups is 1. The Balaban J connectivity index is 1.16. The number of rotatable bonds is 9. The topological polar surface area (TPSA) is 131 Å². The van der Waals surface area contributed by atoms with E-state index in [0.717, 1.165) is 58.8 Å². The number of ether oxygens (including phenoxy) is 2. The van der Waals surface area contributed by atoms with Crippen molar-refractivity contribution in [3.05, 3.63) is 163 Å². The molecule has 5 aromatic rings. The van der Waals surface area contributed by atoms with Crippen molar-refractivity contribution in [2.45, 2.75) is 31.3 Å². The molecule has 0 radical (unpaired) electrons. The molecule has 11 nitrogen and oxygen atoms in total. The number of urea groups is 1. The number of amides is 4. The van der Waals surface area contributed by atoms with Gasteiger partial charge in [0.25, 0.3) is 17.5 Å². The Morgan fingerprint density at radius 3 is 2.02 bits per heavy atom. The van der Waals surface area contributed by atoms with Gasteiger partial charge in [0.15, 0.2) is 11.5 Å². The number of benzene rings is 5. The van der Waals surface area contributed by atoms with Gasteiger partial charge in [-0.3, -0.25) is 25.0 Å². The van der Waals surface area contributed by atoms with Crippen molar-refractivity contribution in [3.63, 3.8) is 0 Å². The Labute approximate surface area is 321 Å². The number of non-ortho nitro benzene ring substituents is 1. The van der Waals surface area contributed by atoms with Gasteiger partial charge in [0.1, 0.15) is 12.2 Å². The summed E-state index contributed by atoms with van der Waals surface area (Å²) in [5.74, 6) is -1.10. The van der Waals surface area contributed by atoms with Crippen LogP contribution in [-0.2, 0) is 16.2 Å². The molecule has 3 aliphatic rings. The number of anilines is 2. The summed E-state index contributed by atoms with van der Waals surface area (Å²) in [7, 11) is 1.43. The van der Waals surface area contributed by atoms with Gasteiger partial charge in [-0.25, -0.2) is 9.69 Å². The van der Waals surface area contributed by atoms with E-state index in [4.69, 9.17) is 21.1 Å². The Kier molecular flexibility index (Phi) is 9.54. The van der Waals surface area contributed by atoms with Crippen molar-refractivity contribution in [3.8, 4) is 11.5 Å². The van der Waals surface area contributed by atoms with Gasteiger partial charge >= 0.3 is 6.03 Å². The van der Waals surface area contributed by atoms with Crippen molar-refractivity contribution in [2.24, 2.45) is 0 Å². The number of carbonyl (C=O) groups is 3. The van der Waals surface area contributed by atoms with Gasteiger partial charge < -0.3 is 14.4 Å². The van der Waals surface area contributed by atoms with Crippen molar-refractivity contribution in [1.29, 1.82) is 0 Å². The van der Waals surface area contributed by atoms with Crippen molar-refractivity contribution in [1.82, 2.24) is 5.32 Å². The largest absolute Gasteiger partial charge is 0.493 e. The summed E-state index contributed by atoms with van der Waals surface area (Å²) in [6.45, 7) is 1.82. The molecule has 276 valence electrons. The lowest BCUT2D eigenvalue weighted by atomic mass is 9.76. The first-order valence-electron chi connectivity index (χ1n) is 17.9. The monoisotopic (exact) mass is 754 g/mol. The summed E-state index contributed by atoms with van der Waals surface area (Å²) >= 11 is 6.65. The highest BCUT2D eigenvalue weighted by Gasteiger charge is 2.40. The number of nitro benzene ring substituents is 1.